The first-order valence-electron chi connectivity index (χ1n) is 10.5. The highest BCUT2D eigenvalue weighted by atomic mass is 16.7. The molecular formula is C19H32O15. The van der Waals surface area contributed by atoms with Gasteiger partial charge in [-0.15, -0.1) is 0 Å². The maximum absolute atomic E-state index is 11.2. The lowest BCUT2D eigenvalue weighted by molar-refractivity contribution is -0.332. The second kappa shape index (κ2) is 13.0. The van der Waals surface area contributed by atoms with Gasteiger partial charge in [0.05, 0.1) is 19.8 Å². The fraction of sp³-hybridized carbons (Fsp3) is 0.895. The minimum atomic E-state index is -1.75. The zero-order valence-corrected chi connectivity index (χ0v) is 18.6. The minimum absolute atomic E-state index is 0.341. The van der Waals surface area contributed by atoms with Gasteiger partial charge in [-0.3, -0.25) is 9.59 Å². The molecule has 198 valence electrons. The summed E-state index contributed by atoms with van der Waals surface area (Å²) in [5, 5.41) is 69.5. The summed E-state index contributed by atoms with van der Waals surface area (Å²) in [6, 6.07) is 0. The molecule has 15 heteroatoms. The molecule has 2 fully saturated rings. The van der Waals surface area contributed by atoms with E-state index in [0.717, 1.165) is 13.8 Å². The number of ether oxygens (including phenoxy) is 6. The number of esters is 2. The first-order chi connectivity index (χ1) is 16.0. The van der Waals surface area contributed by atoms with E-state index in [0.29, 0.717) is 0 Å². The normalized spacial score (nSPS) is 39.3. The van der Waals surface area contributed by atoms with Crippen molar-refractivity contribution in [2.24, 2.45) is 0 Å². The van der Waals surface area contributed by atoms with Crippen LogP contribution in [0, 0.1) is 0 Å². The Morgan fingerprint density at radius 3 is 1.79 bits per heavy atom. The van der Waals surface area contributed by atoms with Gasteiger partial charge >= 0.3 is 11.9 Å². The summed E-state index contributed by atoms with van der Waals surface area (Å²) in [5.74, 6) is -1.32. The summed E-state index contributed by atoms with van der Waals surface area (Å²) in [5.41, 5.74) is 0. The average molecular weight is 500 g/mol. The molecule has 2 aliphatic heterocycles. The standard InChI is InChI=1S/C19H32O15/c1-7(21)29-4-9(32-8(2)22)5-30-18-17(28)15(26)13(24)11(34-18)6-31-19-16(27)14(25)12(23)10(3-20)33-19/h9-20,23-28H,3-6H2,1-2H3/t9?,10-,11-,12+,13+,14+,15+,16-,17-,18-,19?/m1/s1. The van der Waals surface area contributed by atoms with E-state index in [1.54, 1.807) is 0 Å². The summed E-state index contributed by atoms with van der Waals surface area (Å²) in [6.07, 6.45) is -16.8. The van der Waals surface area contributed by atoms with Gasteiger partial charge in [0.1, 0.15) is 55.4 Å². The molecule has 15 nitrogen and oxygen atoms in total. The zero-order chi connectivity index (χ0) is 25.6. The van der Waals surface area contributed by atoms with Gasteiger partial charge in [0.2, 0.25) is 0 Å². The van der Waals surface area contributed by atoms with Crippen LogP contribution in [0.3, 0.4) is 0 Å². The second-order valence-electron chi connectivity index (χ2n) is 7.91. The summed E-state index contributed by atoms with van der Waals surface area (Å²) in [6.45, 7) is 0.320. The minimum Gasteiger partial charge on any atom is -0.462 e. The van der Waals surface area contributed by atoms with E-state index in [-0.39, 0.29) is 6.61 Å². The lowest BCUT2D eigenvalue weighted by Gasteiger charge is -2.42. The van der Waals surface area contributed by atoms with Gasteiger partial charge < -0.3 is 64.2 Å². The molecule has 0 amide bonds. The van der Waals surface area contributed by atoms with Gasteiger partial charge in [0.25, 0.3) is 0 Å². The third-order valence-electron chi connectivity index (χ3n) is 5.19. The highest BCUT2D eigenvalue weighted by Gasteiger charge is 2.47. The summed E-state index contributed by atoms with van der Waals surface area (Å²) in [7, 11) is 0. The van der Waals surface area contributed by atoms with E-state index in [2.05, 4.69) is 0 Å². The van der Waals surface area contributed by atoms with Crippen LogP contribution in [0.2, 0.25) is 0 Å². The van der Waals surface area contributed by atoms with E-state index >= 15 is 0 Å². The molecule has 0 aromatic heterocycles. The highest BCUT2D eigenvalue weighted by molar-refractivity contribution is 5.67. The number of aliphatic hydroxyl groups is 7. The average Bonchev–Trinajstić information content (AvgIpc) is 2.78. The van der Waals surface area contributed by atoms with Crippen molar-refractivity contribution in [3.05, 3.63) is 0 Å². The Bertz CT molecular complexity index is 660. The molecule has 11 atom stereocenters. The van der Waals surface area contributed by atoms with E-state index in [9.17, 15) is 45.3 Å². The Balaban J connectivity index is 1.98. The van der Waals surface area contributed by atoms with Crippen molar-refractivity contribution in [1.29, 1.82) is 0 Å². The quantitative estimate of drug-likeness (QED) is 0.139. The van der Waals surface area contributed by atoms with E-state index in [1.165, 1.54) is 0 Å². The van der Waals surface area contributed by atoms with Crippen molar-refractivity contribution in [2.75, 3.05) is 26.4 Å². The molecule has 34 heavy (non-hydrogen) atoms. The number of rotatable bonds is 10. The SMILES string of the molecule is CC(=O)OCC(CO[C@@H]1O[C@H](COC2O[C@H](CO)[C@H](O)[C@H](O)[C@H]2O)[C@H](O)[C@H](O)[C@H]1O)OC(C)=O. The van der Waals surface area contributed by atoms with Crippen LogP contribution >= 0.6 is 0 Å². The molecule has 0 aliphatic carbocycles. The molecule has 0 aromatic rings. The predicted octanol–water partition coefficient (Wildman–Crippen LogP) is -4.88. The number of aliphatic hydroxyl groups excluding tert-OH is 7. The van der Waals surface area contributed by atoms with Crippen molar-refractivity contribution in [2.45, 2.75) is 81.4 Å². The van der Waals surface area contributed by atoms with E-state index < -0.39 is 99.3 Å². The van der Waals surface area contributed by atoms with Crippen molar-refractivity contribution >= 4 is 11.9 Å². The van der Waals surface area contributed by atoms with Gasteiger partial charge in [-0.2, -0.15) is 0 Å². The Morgan fingerprint density at radius 1 is 0.735 bits per heavy atom. The molecule has 2 heterocycles. The Kier molecular flexibility index (Phi) is 11.0. The van der Waals surface area contributed by atoms with Gasteiger partial charge in [-0.25, -0.2) is 0 Å². The third-order valence-corrected chi connectivity index (χ3v) is 5.19. The topological polar surface area (TPSA) is 231 Å². The fourth-order valence-electron chi connectivity index (χ4n) is 3.35. The highest BCUT2D eigenvalue weighted by Crippen LogP contribution is 2.26. The van der Waals surface area contributed by atoms with Crippen LogP contribution in [0.15, 0.2) is 0 Å². The number of carbonyl (C=O) groups excluding carboxylic acids is 2. The number of carbonyl (C=O) groups is 2. The third kappa shape index (κ3) is 7.50. The largest absolute Gasteiger partial charge is 0.462 e. The van der Waals surface area contributed by atoms with Crippen LogP contribution < -0.4 is 0 Å². The van der Waals surface area contributed by atoms with Gasteiger partial charge in [-0.05, 0) is 0 Å². The Morgan fingerprint density at radius 2 is 1.26 bits per heavy atom. The first kappa shape index (κ1) is 28.7. The summed E-state index contributed by atoms with van der Waals surface area (Å²) in [4.78, 5) is 22.2. The van der Waals surface area contributed by atoms with Crippen LogP contribution in [-0.2, 0) is 38.0 Å². The van der Waals surface area contributed by atoms with E-state index in [1.807, 2.05) is 0 Å². The molecular weight excluding hydrogens is 468 g/mol. The Hall–Kier alpha value is -1.50. The molecule has 7 N–H and O–H groups in total. The van der Waals surface area contributed by atoms with E-state index in [4.69, 9.17) is 28.4 Å². The lowest BCUT2D eigenvalue weighted by atomic mass is 9.98. The van der Waals surface area contributed by atoms with Crippen LogP contribution in [0.25, 0.3) is 0 Å². The fourth-order valence-corrected chi connectivity index (χ4v) is 3.35. The van der Waals surface area contributed by atoms with Gasteiger partial charge in [0.15, 0.2) is 18.7 Å². The number of hydrogen-bond donors (Lipinski definition) is 7. The maximum Gasteiger partial charge on any atom is 0.303 e. The monoisotopic (exact) mass is 500 g/mol. The molecule has 2 rings (SSSR count). The first-order valence-corrected chi connectivity index (χ1v) is 10.5. The van der Waals surface area contributed by atoms with Gasteiger partial charge in [0, 0.05) is 13.8 Å². The molecule has 2 unspecified atom stereocenters. The van der Waals surface area contributed by atoms with Crippen LogP contribution in [0.1, 0.15) is 13.8 Å². The van der Waals surface area contributed by atoms with Crippen LogP contribution in [0.5, 0.6) is 0 Å². The maximum atomic E-state index is 11.2. The van der Waals surface area contributed by atoms with Crippen molar-refractivity contribution in [1.82, 2.24) is 0 Å². The van der Waals surface area contributed by atoms with Crippen molar-refractivity contribution < 1.29 is 73.8 Å². The Labute approximate surface area is 194 Å². The van der Waals surface area contributed by atoms with Crippen LogP contribution in [-0.4, -0.2) is 142 Å². The molecule has 0 spiro atoms. The smallest absolute Gasteiger partial charge is 0.303 e. The summed E-state index contributed by atoms with van der Waals surface area (Å²) < 4.78 is 31.0. The molecule has 0 radical (unpaired) electrons. The molecule has 2 aliphatic rings. The molecule has 2 saturated heterocycles. The number of hydrogen-bond acceptors (Lipinski definition) is 15. The molecule has 0 aromatic carbocycles. The molecule has 0 saturated carbocycles. The zero-order valence-electron chi connectivity index (χ0n) is 18.6. The molecule has 0 bridgehead atoms. The predicted molar refractivity (Wildman–Crippen MR) is 105 cm³/mol. The van der Waals surface area contributed by atoms with Crippen LogP contribution in [0.4, 0.5) is 0 Å². The lowest BCUT2D eigenvalue weighted by Crippen LogP contribution is -2.61. The second-order valence-corrected chi connectivity index (χ2v) is 7.91. The van der Waals surface area contributed by atoms with Crippen molar-refractivity contribution in [3.8, 4) is 0 Å². The van der Waals surface area contributed by atoms with Gasteiger partial charge in [-0.1, -0.05) is 0 Å². The van der Waals surface area contributed by atoms with Crippen molar-refractivity contribution in [3.63, 3.8) is 0 Å². The summed E-state index contributed by atoms with van der Waals surface area (Å²) >= 11 is 0.